The van der Waals surface area contributed by atoms with Gasteiger partial charge in [-0.1, -0.05) is 18.2 Å². The Morgan fingerprint density at radius 1 is 1.20 bits per heavy atom. The van der Waals surface area contributed by atoms with Crippen LogP contribution in [0.5, 0.6) is 0 Å². The largest absolute Gasteiger partial charge is 0.314 e. The summed E-state index contributed by atoms with van der Waals surface area (Å²) in [4.78, 5) is 0. The molecule has 0 radical (unpaired) electrons. The zero-order valence-electron chi connectivity index (χ0n) is 11.8. The molecule has 1 nitrogen and oxygen atoms in total. The van der Waals surface area contributed by atoms with Gasteiger partial charge < -0.3 is 5.32 Å². The number of halogens is 2. The highest BCUT2D eigenvalue weighted by Crippen LogP contribution is 2.42. The van der Waals surface area contributed by atoms with E-state index < -0.39 is 11.6 Å². The number of allylic oxidation sites excluding steroid dienone is 2. The second kappa shape index (κ2) is 5.65. The summed E-state index contributed by atoms with van der Waals surface area (Å²) in [5.41, 5.74) is 0.195. The van der Waals surface area contributed by atoms with E-state index in [1.54, 1.807) is 0 Å². The average molecular weight is 277 g/mol. The van der Waals surface area contributed by atoms with E-state index in [9.17, 15) is 8.78 Å². The van der Waals surface area contributed by atoms with Crippen LogP contribution < -0.4 is 5.32 Å². The van der Waals surface area contributed by atoms with Gasteiger partial charge in [-0.25, -0.2) is 8.78 Å². The zero-order valence-corrected chi connectivity index (χ0v) is 11.8. The highest BCUT2D eigenvalue weighted by molar-refractivity contribution is 5.20. The van der Waals surface area contributed by atoms with Gasteiger partial charge in [-0.05, 0) is 62.6 Å². The number of hydrogen-bond donors (Lipinski definition) is 1. The van der Waals surface area contributed by atoms with Crippen LogP contribution in [0.4, 0.5) is 8.78 Å². The molecule has 1 aromatic rings. The van der Waals surface area contributed by atoms with Crippen molar-refractivity contribution < 1.29 is 8.78 Å². The van der Waals surface area contributed by atoms with Crippen LogP contribution in [0.3, 0.4) is 0 Å². The van der Waals surface area contributed by atoms with E-state index in [0.717, 1.165) is 12.5 Å². The molecule has 4 atom stereocenters. The summed E-state index contributed by atoms with van der Waals surface area (Å²) >= 11 is 0. The third-order valence-corrected chi connectivity index (χ3v) is 4.72. The van der Waals surface area contributed by atoms with Crippen molar-refractivity contribution in [1.82, 2.24) is 5.32 Å². The Kier molecular flexibility index (Phi) is 3.88. The molecule has 2 aliphatic carbocycles. The summed E-state index contributed by atoms with van der Waals surface area (Å²) in [7, 11) is 0. The Bertz CT molecular complexity index is 491. The van der Waals surface area contributed by atoms with E-state index >= 15 is 0 Å². The Morgan fingerprint density at radius 3 is 2.55 bits per heavy atom. The van der Waals surface area contributed by atoms with Gasteiger partial charge in [0.05, 0.1) is 0 Å². The molecule has 2 aliphatic rings. The lowest BCUT2D eigenvalue weighted by molar-refractivity contribution is 0.385. The van der Waals surface area contributed by atoms with Crippen LogP contribution in [0, 0.1) is 29.4 Å². The Hall–Kier alpha value is -1.22. The molecular formula is C17H21F2N. The van der Waals surface area contributed by atoms with E-state index in [2.05, 4.69) is 17.5 Å². The molecular weight excluding hydrogens is 256 g/mol. The molecule has 0 saturated heterocycles. The lowest BCUT2D eigenvalue weighted by Crippen LogP contribution is -2.34. The summed E-state index contributed by atoms with van der Waals surface area (Å²) in [6.45, 7) is 2.94. The third kappa shape index (κ3) is 2.78. The topological polar surface area (TPSA) is 12.0 Å². The van der Waals surface area contributed by atoms with Crippen molar-refractivity contribution >= 4 is 0 Å². The number of benzene rings is 1. The molecule has 0 amide bonds. The maximum absolute atomic E-state index is 13.6. The molecule has 0 aliphatic heterocycles. The van der Waals surface area contributed by atoms with Gasteiger partial charge in [0.25, 0.3) is 0 Å². The molecule has 1 N–H and O–H groups in total. The first-order chi connectivity index (χ1) is 9.63. The van der Waals surface area contributed by atoms with Gasteiger partial charge in [0, 0.05) is 11.6 Å². The van der Waals surface area contributed by atoms with E-state index in [4.69, 9.17) is 0 Å². The van der Waals surface area contributed by atoms with Crippen molar-refractivity contribution in [2.24, 2.45) is 17.8 Å². The summed E-state index contributed by atoms with van der Waals surface area (Å²) in [5.74, 6) is 1.29. The molecule has 4 unspecified atom stereocenters. The molecule has 3 heteroatoms. The van der Waals surface area contributed by atoms with Crippen LogP contribution in [0.15, 0.2) is 30.4 Å². The first-order valence-electron chi connectivity index (χ1n) is 7.48. The van der Waals surface area contributed by atoms with Crippen LogP contribution >= 0.6 is 0 Å². The quantitative estimate of drug-likeness (QED) is 0.809. The highest BCUT2D eigenvalue weighted by Gasteiger charge is 2.35. The smallest absolute Gasteiger partial charge is 0.129 e. The van der Waals surface area contributed by atoms with E-state index in [1.807, 2.05) is 6.92 Å². The first kappa shape index (κ1) is 13.7. The molecule has 1 fully saturated rings. The van der Waals surface area contributed by atoms with Gasteiger partial charge in [-0.3, -0.25) is 0 Å². The van der Waals surface area contributed by atoms with Gasteiger partial charge in [-0.15, -0.1) is 0 Å². The maximum Gasteiger partial charge on any atom is 0.129 e. The van der Waals surface area contributed by atoms with Gasteiger partial charge >= 0.3 is 0 Å². The lowest BCUT2D eigenvalue weighted by atomic mass is 9.93. The minimum absolute atomic E-state index is 0.0875. The molecule has 2 bridgehead atoms. The van der Waals surface area contributed by atoms with Gasteiger partial charge in [-0.2, -0.15) is 0 Å². The van der Waals surface area contributed by atoms with Crippen molar-refractivity contribution in [3.05, 3.63) is 47.5 Å². The predicted octanol–water partition coefficient (Wildman–Crippen LogP) is 3.70. The summed E-state index contributed by atoms with van der Waals surface area (Å²) in [6.07, 6.45) is 7.62. The molecule has 108 valence electrons. The molecule has 3 rings (SSSR count). The molecule has 0 heterocycles. The number of nitrogens with one attached hydrogen (secondary N) is 1. The van der Waals surface area contributed by atoms with E-state index in [-0.39, 0.29) is 11.6 Å². The molecule has 1 aromatic carbocycles. The second-order valence-electron chi connectivity index (χ2n) is 6.25. The Morgan fingerprint density at radius 2 is 1.95 bits per heavy atom. The van der Waals surface area contributed by atoms with Gasteiger partial charge in [0.15, 0.2) is 0 Å². The van der Waals surface area contributed by atoms with Gasteiger partial charge in [0.1, 0.15) is 11.6 Å². The fraction of sp³-hybridized carbons (Fsp3) is 0.529. The Balaban J connectivity index is 1.52. The minimum atomic E-state index is -0.443. The van der Waals surface area contributed by atoms with Crippen molar-refractivity contribution in [3.63, 3.8) is 0 Å². The summed E-state index contributed by atoms with van der Waals surface area (Å²) < 4.78 is 27.2. The Labute approximate surface area is 119 Å². The van der Waals surface area contributed by atoms with Crippen molar-refractivity contribution in [3.8, 4) is 0 Å². The molecule has 0 aromatic heterocycles. The van der Waals surface area contributed by atoms with Crippen LogP contribution in [0.1, 0.15) is 25.3 Å². The first-order valence-corrected chi connectivity index (χ1v) is 7.48. The number of rotatable bonds is 5. The van der Waals surface area contributed by atoms with Crippen molar-refractivity contribution in [1.29, 1.82) is 0 Å². The lowest BCUT2D eigenvalue weighted by Gasteiger charge is -2.22. The molecule has 0 spiro atoms. The van der Waals surface area contributed by atoms with E-state index in [1.165, 1.54) is 31.0 Å². The van der Waals surface area contributed by atoms with Gasteiger partial charge in [0.2, 0.25) is 0 Å². The van der Waals surface area contributed by atoms with Crippen LogP contribution in [0.25, 0.3) is 0 Å². The zero-order chi connectivity index (χ0) is 14.1. The number of fused-ring (bicyclic) bond motifs is 2. The minimum Gasteiger partial charge on any atom is -0.314 e. The predicted molar refractivity (Wildman–Crippen MR) is 76.4 cm³/mol. The summed E-state index contributed by atoms with van der Waals surface area (Å²) in [5, 5.41) is 3.45. The molecule has 1 saturated carbocycles. The standard InChI is InChI=1S/C17H21F2N/c1-11(7-15-16(18)3-2-4-17(15)19)20-10-14-9-12-5-6-13(14)8-12/h2-6,11-14,20H,7-10H2,1H3. The monoisotopic (exact) mass is 277 g/mol. The maximum atomic E-state index is 13.6. The normalized spacial score (nSPS) is 29.1. The van der Waals surface area contributed by atoms with Crippen LogP contribution in [0.2, 0.25) is 0 Å². The average Bonchev–Trinajstić information content (AvgIpc) is 3.03. The number of hydrogen-bond acceptors (Lipinski definition) is 1. The summed E-state index contributed by atoms with van der Waals surface area (Å²) in [6, 6.07) is 4.15. The van der Waals surface area contributed by atoms with Crippen LogP contribution in [-0.4, -0.2) is 12.6 Å². The van der Waals surface area contributed by atoms with Crippen molar-refractivity contribution in [2.45, 2.75) is 32.2 Å². The van der Waals surface area contributed by atoms with Crippen molar-refractivity contribution in [2.75, 3.05) is 6.54 Å². The van der Waals surface area contributed by atoms with Crippen LogP contribution in [-0.2, 0) is 6.42 Å². The van der Waals surface area contributed by atoms with E-state index in [0.29, 0.717) is 18.3 Å². The molecule has 20 heavy (non-hydrogen) atoms. The second-order valence-corrected chi connectivity index (χ2v) is 6.25. The fourth-order valence-corrected chi connectivity index (χ4v) is 3.59. The highest BCUT2D eigenvalue weighted by atomic mass is 19.1. The SMILES string of the molecule is CC(Cc1c(F)cccc1F)NCC1CC2C=CC1C2. The third-order valence-electron chi connectivity index (χ3n) is 4.72. The fourth-order valence-electron chi connectivity index (χ4n) is 3.59.